The fourth-order valence-electron chi connectivity index (χ4n) is 2.21. The van der Waals surface area contributed by atoms with Crippen molar-refractivity contribution in [3.05, 3.63) is 12.4 Å². The molecule has 5 heteroatoms. The van der Waals surface area contributed by atoms with Crippen LogP contribution in [0.4, 0.5) is 5.82 Å². The molecule has 21 heavy (non-hydrogen) atoms. The van der Waals surface area contributed by atoms with Crippen molar-refractivity contribution in [2.45, 2.75) is 59.6 Å². The maximum atomic E-state index is 5.58. The van der Waals surface area contributed by atoms with Gasteiger partial charge in [0.15, 0.2) is 0 Å². The Morgan fingerprint density at radius 3 is 2.52 bits per heavy atom. The third-order valence-corrected chi connectivity index (χ3v) is 3.40. The third kappa shape index (κ3) is 7.27. The summed E-state index contributed by atoms with van der Waals surface area (Å²) in [6, 6.07) is 2.25. The Labute approximate surface area is 129 Å². The van der Waals surface area contributed by atoms with Crippen molar-refractivity contribution >= 4 is 5.82 Å². The summed E-state index contributed by atoms with van der Waals surface area (Å²) in [6.07, 6.45) is 3.99. The molecule has 0 aromatic carbocycles. The average molecular weight is 294 g/mol. The highest BCUT2D eigenvalue weighted by atomic mass is 16.5. The van der Waals surface area contributed by atoms with E-state index in [4.69, 9.17) is 4.74 Å². The smallest absolute Gasteiger partial charge is 0.218 e. The quantitative estimate of drug-likeness (QED) is 0.718. The highest BCUT2D eigenvalue weighted by molar-refractivity contribution is 5.37. The molecule has 1 unspecified atom stereocenters. The maximum Gasteiger partial charge on any atom is 0.218 e. The topological polar surface area (TPSA) is 50.3 Å². The number of hydrogen-bond acceptors (Lipinski definition) is 5. The van der Waals surface area contributed by atoms with Gasteiger partial charge in [0, 0.05) is 12.1 Å². The monoisotopic (exact) mass is 294 g/mol. The molecule has 0 saturated carbocycles. The molecule has 1 heterocycles. The van der Waals surface area contributed by atoms with Crippen LogP contribution in [0.25, 0.3) is 0 Å². The maximum absolute atomic E-state index is 5.58. The van der Waals surface area contributed by atoms with Gasteiger partial charge >= 0.3 is 0 Å². The lowest BCUT2D eigenvalue weighted by Crippen LogP contribution is -2.25. The van der Waals surface area contributed by atoms with E-state index in [-0.39, 0.29) is 6.10 Å². The highest BCUT2D eigenvalue weighted by Crippen LogP contribution is 2.14. The first-order valence-corrected chi connectivity index (χ1v) is 8.02. The average Bonchev–Trinajstić information content (AvgIpc) is 2.43. The second-order valence-corrected chi connectivity index (χ2v) is 5.62. The van der Waals surface area contributed by atoms with Crippen molar-refractivity contribution in [2.24, 2.45) is 0 Å². The molecule has 0 aliphatic carbocycles. The van der Waals surface area contributed by atoms with Gasteiger partial charge in [-0.1, -0.05) is 13.8 Å². The molecular weight excluding hydrogens is 264 g/mol. The number of hydrogen-bond donors (Lipinski definition) is 1. The van der Waals surface area contributed by atoms with E-state index in [1.165, 1.54) is 6.42 Å². The standard InChI is InChI=1S/C16H30N4O/c1-6-20(7-2)10-8-9-14(5)19-15-11-16(18-12-17-15)21-13(3)4/h11-14H,6-10H2,1-5H3,(H,17,18,19). The van der Waals surface area contributed by atoms with Crippen LogP contribution in [0.3, 0.4) is 0 Å². The molecule has 0 fully saturated rings. The van der Waals surface area contributed by atoms with E-state index in [1.54, 1.807) is 6.33 Å². The van der Waals surface area contributed by atoms with Crippen LogP contribution < -0.4 is 10.1 Å². The first-order valence-electron chi connectivity index (χ1n) is 8.02. The summed E-state index contributed by atoms with van der Waals surface area (Å²) in [5.41, 5.74) is 0. The minimum Gasteiger partial charge on any atom is -0.475 e. The summed E-state index contributed by atoms with van der Waals surface area (Å²) in [5.74, 6) is 1.45. The van der Waals surface area contributed by atoms with Crippen molar-refractivity contribution in [3.63, 3.8) is 0 Å². The number of rotatable bonds is 10. The van der Waals surface area contributed by atoms with Gasteiger partial charge in [-0.15, -0.1) is 0 Å². The normalized spacial score (nSPS) is 12.7. The van der Waals surface area contributed by atoms with E-state index in [0.29, 0.717) is 11.9 Å². The summed E-state index contributed by atoms with van der Waals surface area (Å²) in [4.78, 5) is 10.8. The van der Waals surface area contributed by atoms with Gasteiger partial charge in [0.1, 0.15) is 12.1 Å². The Hall–Kier alpha value is -1.36. The lowest BCUT2D eigenvalue weighted by Gasteiger charge is -2.20. The SMILES string of the molecule is CCN(CC)CCCC(C)Nc1cc(OC(C)C)ncn1. The van der Waals surface area contributed by atoms with Crippen molar-refractivity contribution in [1.29, 1.82) is 0 Å². The summed E-state index contributed by atoms with van der Waals surface area (Å²) >= 11 is 0. The molecule has 0 radical (unpaired) electrons. The van der Waals surface area contributed by atoms with Crippen LogP contribution in [-0.4, -0.2) is 46.6 Å². The predicted octanol–water partition coefficient (Wildman–Crippen LogP) is 3.19. The molecule has 0 bridgehead atoms. The predicted molar refractivity (Wildman–Crippen MR) is 87.9 cm³/mol. The number of nitrogens with zero attached hydrogens (tertiary/aromatic N) is 3. The Morgan fingerprint density at radius 2 is 1.90 bits per heavy atom. The van der Waals surface area contributed by atoms with Crippen LogP contribution in [0.1, 0.15) is 47.5 Å². The van der Waals surface area contributed by atoms with E-state index in [2.05, 4.69) is 41.0 Å². The fourth-order valence-corrected chi connectivity index (χ4v) is 2.21. The summed E-state index contributed by atoms with van der Waals surface area (Å²) < 4.78 is 5.58. The Bertz CT molecular complexity index is 394. The van der Waals surface area contributed by atoms with Gasteiger partial charge in [0.05, 0.1) is 6.10 Å². The zero-order chi connectivity index (χ0) is 15.7. The van der Waals surface area contributed by atoms with Gasteiger partial charge in [-0.2, -0.15) is 0 Å². The molecule has 5 nitrogen and oxygen atoms in total. The Kier molecular flexibility index (Phi) is 8.05. The largest absolute Gasteiger partial charge is 0.475 e. The van der Waals surface area contributed by atoms with Crippen molar-refractivity contribution < 1.29 is 4.74 Å². The number of nitrogens with one attached hydrogen (secondary N) is 1. The van der Waals surface area contributed by atoms with E-state index in [9.17, 15) is 0 Å². The molecule has 0 spiro atoms. The van der Waals surface area contributed by atoms with Gasteiger partial charge in [-0.25, -0.2) is 9.97 Å². The van der Waals surface area contributed by atoms with Crippen molar-refractivity contribution in [1.82, 2.24) is 14.9 Å². The molecule has 0 aliphatic rings. The van der Waals surface area contributed by atoms with E-state index in [0.717, 1.165) is 31.9 Å². The lowest BCUT2D eigenvalue weighted by molar-refractivity contribution is 0.232. The van der Waals surface area contributed by atoms with E-state index in [1.807, 2.05) is 19.9 Å². The van der Waals surface area contributed by atoms with Crippen LogP contribution in [-0.2, 0) is 0 Å². The summed E-state index contributed by atoms with van der Waals surface area (Å²) in [5, 5.41) is 3.42. The second-order valence-electron chi connectivity index (χ2n) is 5.62. The molecule has 0 aliphatic heterocycles. The van der Waals surface area contributed by atoms with Crippen LogP contribution in [0.2, 0.25) is 0 Å². The second kappa shape index (κ2) is 9.55. The fraction of sp³-hybridized carbons (Fsp3) is 0.750. The van der Waals surface area contributed by atoms with Crippen molar-refractivity contribution in [2.75, 3.05) is 25.0 Å². The molecular formula is C16H30N4O. The lowest BCUT2D eigenvalue weighted by atomic mass is 10.1. The number of aromatic nitrogens is 2. The van der Waals surface area contributed by atoms with E-state index >= 15 is 0 Å². The zero-order valence-electron chi connectivity index (χ0n) is 14.1. The van der Waals surface area contributed by atoms with E-state index < -0.39 is 0 Å². The van der Waals surface area contributed by atoms with Crippen LogP contribution in [0.15, 0.2) is 12.4 Å². The molecule has 0 amide bonds. The van der Waals surface area contributed by atoms with Crippen LogP contribution in [0, 0.1) is 0 Å². The molecule has 120 valence electrons. The molecule has 1 rings (SSSR count). The highest BCUT2D eigenvalue weighted by Gasteiger charge is 2.07. The van der Waals surface area contributed by atoms with Gasteiger partial charge in [-0.05, 0) is 53.2 Å². The van der Waals surface area contributed by atoms with Crippen molar-refractivity contribution in [3.8, 4) is 5.88 Å². The van der Waals surface area contributed by atoms with Crippen LogP contribution >= 0.6 is 0 Å². The molecule has 1 atom stereocenters. The van der Waals surface area contributed by atoms with Gasteiger partial charge in [0.2, 0.25) is 5.88 Å². The Morgan fingerprint density at radius 1 is 1.19 bits per heavy atom. The first-order chi connectivity index (χ1) is 10.0. The minimum atomic E-state index is 0.124. The van der Waals surface area contributed by atoms with Crippen LogP contribution in [0.5, 0.6) is 5.88 Å². The molecule has 1 N–H and O–H groups in total. The Balaban J connectivity index is 2.38. The molecule has 1 aromatic heterocycles. The van der Waals surface area contributed by atoms with Gasteiger partial charge < -0.3 is 15.0 Å². The number of ether oxygens (including phenoxy) is 1. The summed E-state index contributed by atoms with van der Waals surface area (Å²) in [7, 11) is 0. The molecule has 1 aromatic rings. The first kappa shape index (κ1) is 17.7. The minimum absolute atomic E-state index is 0.124. The third-order valence-electron chi connectivity index (χ3n) is 3.40. The molecule has 0 saturated heterocycles. The van der Waals surface area contributed by atoms with Gasteiger partial charge in [-0.3, -0.25) is 0 Å². The summed E-state index contributed by atoms with van der Waals surface area (Å²) in [6.45, 7) is 14.0. The zero-order valence-corrected chi connectivity index (χ0v) is 14.1. The van der Waals surface area contributed by atoms with Gasteiger partial charge in [0.25, 0.3) is 0 Å². The number of anilines is 1.